The lowest BCUT2D eigenvalue weighted by molar-refractivity contribution is -0.478. The molecule has 2 unspecified atom stereocenters. The summed E-state index contributed by atoms with van der Waals surface area (Å²) >= 11 is 0. The normalized spacial score (nSPS) is 22.2. The number of esters is 1. The number of rotatable bonds is 6. The second kappa shape index (κ2) is 9.04. The van der Waals surface area contributed by atoms with Gasteiger partial charge in [-0.1, -0.05) is 75.9 Å². The Bertz CT molecular complexity index is 943. The third-order valence-corrected chi connectivity index (χ3v) is 6.73. The molecule has 30 heavy (non-hydrogen) atoms. The van der Waals surface area contributed by atoms with Crippen LogP contribution in [0.1, 0.15) is 74.1 Å². The molecule has 1 fully saturated rings. The van der Waals surface area contributed by atoms with E-state index in [4.69, 9.17) is 9.16 Å². The molecule has 1 saturated heterocycles. The van der Waals surface area contributed by atoms with Crippen LogP contribution in [0.15, 0.2) is 66.4 Å². The van der Waals surface area contributed by atoms with Crippen LogP contribution in [-0.2, 0) is 15.6 Å². The van der Waals surface area contributed by atoms with Gasteiger partial charge in [0.1, 0.15) is 5.92 Å². The fraction of sp³-hybridized carbons (Fsp3) is 0.393. The predicted octanol–water partition coefficient (Wildman–Crippen LogP) is 6.95. The molecule has 2 heterocycles. The lowest BCUT2D eigenvalue weighted by Gasteiger charge is -2.18. The van der Waals surface area contributed by atoms with E-state index in [2.05, 4.69) is 82.0 Å². The zero-order chi connectivity index (χ0) is 21.1. The van der Waals surface area contributed by atoms with Crippen LogP contribution in [0.25, 0.3) is 6.08 Å². The number of hydrogen-bond donors (Lipinski definition) is 0. The highest BCUT2D eigenvalue weighted by Crippen LogP contribution is 2.40. The fourth-order valence-electron chi connectivity index (χ4n) is 4.62. The second-order valence-electron chi connectivity index (χ2n) is 8.53. The average Bonchev–Trinajstić information content (AvgIpc) is 3.10. The first-order chi connectivity index (χ1) is 14.6. The van der Waals surface area contributed by atoms with Gasteiger partial charge in [-0.2, -0.15) is 0 Å². The van der Waals surface area contributed by atoms with Crippen LogP contribution in [-0.4, -0.2) is 12.6 Å². The van der Waals surface area contributed by atoms with Crippen molar-refractivity contribution in [3.05, 3.63) is 88.7 Å². The first-order valence-corrected chi connectivity index (χ1v) is 11.4. The summed E-state index contributed by atoms with van der Waals surface area (Å²) in [6.45, 7) is 11.7. The summed E-state index contributed by atoms with van der Waals surface area (Å²) in [4.78, 5) is 0. The van der Waals surface area contributed by atoms with E-state index in [1.807, 2.05) is 0 Å². The Labute approximate surface area is 181 Å². The molecule has 2 aliphatic rings. The SMILES string of the molecule is C=C1/C(=C\c2ccc(C(CC)CC)cc2)OC2=[O+]CC(c3ccc(CC)cc3)CC12. The minimum atomic E-state index is 0.143. The molecule has 2 atom stereocenters. The first-order valence-electron chi connectivity index (χ1n) is 11.4. The van der Waals surface area contributed by atoms with Crippen molar-refractivity contribution in [3.63, 3.8) is 0 Å². The van der Waals surface area contributed by atoms with Crippen LogP contribution in [0, 0.1) is 5.92 Å². The van der Waals surface area contributed by atoms with Gasteiger partial charge >= 0.3 is 5.97 Å². The molecule has 0 aromatic heterocycles. The zero-order valence-electron chi connectivity index (χ0n) is 18.5. The Kier molecular flexibility index (Phi) is 6.22. The maximum absolute atomic E-state index is 6.08. The molecular formula is C28H33O2+. The second-order valence-corrected chi connectivity index (χ2v) is 8.53. The van der Waals surface area contributed by atoms with Gasteiger partial charge in [0.25, 0.3) is 5.76 Å². The summed E-state index contributed by atoms with van der Waals surface area (Å²) in [7, 11) is 0. The summed E-state index contributed by atoms with van der Waals surface area (Å²) in [5.74, 6) is 2.72. The maximum Gasteiger partial charge on any atom is 0.499 e. The van der Waals surface area contributed by atoms with E-state index >= 15 is 0 Å². The van der Waals surface area contributed by atoms with Gasteiger partial charge in [-0.3, -0.25) is 4.74 Å². The van der Waals surface area contributed by atoms with Crippen LogP contribution in [0.4, 0.5) is 0 Å². The zero-order valence-corrected chi connectivity index (χ0v) is 18.5. The molecule has 156 valence electrons. The van der Waals surface area contributed by atoms with Gasteiger partial charge < -0.3 is 4.42 Å². The Morgan fingerprint density at radius 3 is 2.37 bits per heavy atom. The number of ether oxygens (including phenoxy) is 1. The number of carbonyl (C=O) groups excluding carboxylic acids is 1. The molecule has 0 saturated carbocycles. The van der Waals surface area contributed by atoms with Gasteiger partial charge in [0.05, 0.1) is 0 Å². The van der Waals surface area contributed by atoms with Crippen molar-refractivity contribution in [3.8, 4) is 0 Å². The van der Waals surface area contributed by atoms with Crippen LogP contribution >= 0.6 is 0 Å². The van der Waals surface area contributed by atoms with Gasteiger partial charge in [0.15, 0.2) is 6.61 Å². The van der Waals surface area contributed by atoms with Crippen LogP contribution in [0.3, 0.4) is 0 Å². The third-order valence-electron chi connectivity index (χ3n) is 6.73. The Balaban J connectivity index is 1.48. The van der Waals surface area contributed by atoms with Gasteiger partial charge in [0.2, 0.25) is 0 Å². The van der Waals surface area contributed by atoms with Crippen LogP contribution in [0.5, 0.6) is 0 Å². The number of allylic oxidation sites excluding steroid dienone is 1. The molecule has 2 aliphatic heterocycles. The van der Waals surface area contributed by atoms with Crippen LogP contribution in [0.2, 0.25) is 0 Å². The molecule has 0 bridgehead atoms. The quantitative estimate of drug-likeness (QED) is 0.379. The molecule has 0 spiro atoms. The van der Waals surface area contributed by atoms with E-state index in [1.165, 1.54) is 29.5 Å². The number of aryl methyl sites for hydroxylation is 1. The molecule has 0 radical (unpaired) electrons. The van der Waals surface area contributed by atoms with Crippen molar-refractivity contribution in [1.29, 1.82) is 0 Å². The van der Waals surface area contributed by atoms with Crippen LogP contribution < -0.4 is 0 Å². The fourth-order valence-corrected chi connectivity index (χ4v) is 4.62. The van der Waals surface area contributed by atoms with E-state index in [9.17, 15) is 0 Å². The van der Waals surface area contributed by atoms with Gasteiger partial charge in [-0.05, 0) is 53.9 Å². The van der Waals surface area contributed by atoms with E-state index in [1.54, 1.807) is 0 Å². The summed E-state index contributed by atoms with van der Waals surface area (Å²) in [5.41, 5.74) is 6.30. The number of benzene rings is 2. The number of hydrogen-bond acceptors (Lipinski definition) is 1. The minimum absolute atomic E-state index is 0.143. The molecule has 0 aliphatic carbocycles. The molecule has 0 amide bonds. The topological polar surface area (TPSA) is 20.5 Å². The third kappa shape index (κ3) is 4.14. The summed E-state index contributed by atoms with van der Waals surface area (Å²) in [6, 6.07) is 17.8. The number of fused-ring (bicyclic) bond motifs is 1. The molecule has 2 aromatic rings. The largest absolute Gasteiger partial charge is 0.499 e. The van der Waals surface area contributed by atoms with Gasteiger partial charge in [0, 0.05) is 17.6 Å². The van der Waals surface area contributed by atoms with Crippen molar-refractivity contribution in [2.45, 2.75) is 58.3 Å². The molecule has 2 aromatic carbocycles. The van der Waals surface area contributed by atoms with Crippen molar-refractivity contribution < 1.29 is 9.16 Å². The van der Waals surface area contributed by atoms with Gasteiger partial charge in [-0.25, -0.2) is 0 Å². The highest BCUT2D eigenvalue weighted by molar-refractivity contribution is 5.85. The monoisotopic (exact) mass is 401 g/mol. The highest BCUT2D eigenvalue weighted by Gasteiger charge is 2.48. The molecule has 2 nitrogen and oxygen atoms in total. The van der Waals surface area contributed by atoms with E-state index in [-0.39, 0.29) is 5.92 Å². The smallest absolute Gasteiger partial charge is 0.320 e. The molecule has 2 heteroatoms. The lowest BCUT2D eigenvalue weighted by Crippen LogP contribution is -2.24. The lowest BCUT2D eigenvalue weighted by atomic mass is 9.84. The van der Waals surface area contributed by atoms with E-state index in [0.717, 1.165) is 35.7 Å². The van der Waals surface area contributed by atoms with Gasteiger partial charge in [-0.15, -0.1) is 0 Å². The summed E-state index contributed by atoms with van der Waals surface area (Å²) in [5, 5.41) is 0. The predicted molar refractivity (Wildman–Crippen MR) is 125 cm³/mol. The minimum Gasteiger partial charge on any atom is -0.320 e. The molecule has 4 rings (SSSR count). The summed E-state index contributed by atoms with van der Waals surface area (Å²) < 4.78 is 12.1. The first kappa shape index (κ1) is 20.7. The van der Waals surface area contributed by atoms with Crippen molar-refractivity contribution in [2.24, 2.45) is 5.92 Å². The van der Waals surface area contributed by atoms with E-state index in [0.29, 0.717) is 18.4 Å². The van der Waals surface area contributed by atoms with Crippen molar-refractivity contribution in [2.75, 3.05) is 6.61 Å². The summed E-state index contributed by atoms with van der Waals surface area (Å²) in [6.07, 6.45) is 6.51. The standard InChI is InChI=1S/C28H33O2/c1-5-20-8-12-24(13-9-20)25-17-26-19(4)27(30-28(26)29-18-25)16-21-10-14-23(15-11-21)22(6-2)7-3/h8-16,22,25-26H,4-7,17-18H2,1-3H3/q+1/b27-16+. The average molecular weight is 402 g/mol. The van der Waals surface area contributed by atoms with Crippen molar-refractivity contribution >= 4 is 12.0 Å². The molecule has 0 N–H and O–H groups in total. The van der Waals surface area contributed by atoms with E-state index < -0.39 is 0 Å². The molecular weight excluding hydrogens is 368 g/mol. The highest BCUT2D eigenvalue weighted by atomic mass is 16.6. The Hall–Kier alpha value is -2.61. The maximum atomic E-state index is 6.08. The Morgan fingerprint density at radius 2 is 1.73 bits per heavy atom. The Morgan fingerprint density at radius 1 is 1.03 bits per heavy atom. The van der Waals surface area contributed by atoms with Crippen molar-refractivity contribution in [1.82, 2.24) is 0 Å².